The fourth-order valence-corrected chi connectivity index (χ4v) is 3.69. The lowest BCUT2D eigenvalue weighted by atomic mass is 9.79. The van der Waals surface area contributed by atoms with Gasteiger partial charge in [-0.05, 0) is 42.3 Å². The molecule has 1 aromatic carbocycles. The van der Waals surface area contributed by atoms with Crippen LogP contribution in [-0.2, 0) is 6.42 Å². The van der Waals surface area contributed by atoms with Gasteiger partial charge in [-0.25, -0.2) is 0 Å². The van der Waals surface area contributed by atoms with Crippen molar-refractivity contribution < 1.29 is 10.2 Å². The number of benzene rings is 1. The van der Waals surface area contributed by atoms with Crippen LogP contribution in [0.25, 0.3) is 16.5 Å². The van der Waals surface area contributed by atoms with Crippen molar-refractivity contribution in [3.63, 3.8) is 0 Å². The molecule has 0 fully saturated rings. The van der Waals surface area contributed by atoms with Gasteiger partial charge in [0, 0.05) is 29.7 Å². The number of likely N-dealkylation sites (N-methyl/N-ethyl adjacent to an activating group) is 1. The largest absolute Gasteiger partial charge is 0.393 e. The Bertz CT molecular complexity index is 718. The second kappa shape index (κ2) is 3.95. The summed E-state index contributed by atoms with van der Waals surface area (Å²) in [5, 5.41) is 21.2. The normalized spacial score (nSPS) is 29.4. The molecule has 4 nitrogen and oxygen atoms in total. The summed E-state index contributed by atoms with van der Waals surface area (Å²) in [5.74, 6) is 0. The van der Waals surface area contributed by atoms with Crippen molar-refractivity contribution in [3.8, 4) is 0 Å². The quantitative estimate of drug-likeness (QED) is 0.728. The van der Waals surface area contributed by atoms with E-state index in [4.69, 9.17) is 0 Å². The van der Waals surface area contributed by atoms with Gasteiger partial charge < -0.3 is 15.2 Å². The van der Waals surface area contributed by atoms with Crippen molar-refractivity contribution >= 4 is 16.5 Å². The van der Waals surface area contributed by atoms with Crippen molar-refractivity contribution in [2.75, 3.05) is 20.2 Å². The molecule has 20 heavy (non-hydrogen) atoms. The third kappa shape index (κ3) is 1.53. The molecule has 4 heteroatoms. The number of β-amino-alcohol motifs (C(OH)–C–C–N with tert-alkyl or cyclic N) is 1. The maximum Gasteiger partial charge on any atom is 0.119 e. The predicted octanol–water partition coefficient (Wildman–Crippen LogP) is 1.14. The summed E-state index contributed by atoms with van der Waals surface area (Å²) in [5.41, 5.74) is 3.63. The Balaban J connectivity index is 1.99. The van der Waals surface area contributed by atoms with Gasteiger partial charge in [-0.3, -0.25) is 4.90 Å². The van der Waals surface area contributed by atoms with Crippen LogP contribution in [0.15, 0.2) is 30.5 Å². The lowest BCUT2D eigenvalue weighted by Crippen LogP contribution is -2.52. The smallest absolute Gasteiger partial charge is 0.119 e. The Morgan fingerprint density at radius 1 is 1.45 bits per heavy atom. The topological polar surface area (TPSA) is 59.5 Å². The number of nitrogens with zero attached hydrogens (tertiary/aromatic N) is 1. The minimum atomic E-state index is -1.14. The van der Waals surface area contributed by atoms with E-state index < -0.39 is 5.60 Å². The van der Waals surface area contributed by atoms with Crippen LogP contribution in [0, 0.1) is 0 Å². The maximum atomic E-state index is 10.5. The van der Waals surface area contributed by atoms with Gasteiger partial charge in [0.2, 0.25) is 0 Å². The summed E-state index contributed by atoms with van der Waals surface area (Å²) in [6, 6.07) is 6.49. The molecule has 0 saturated heterocycles. The monoisotopic (exact) mass is 270 g/mol. The van der Waals surface area contributed by atoms with Crippen LogP contribution >= 0.6 is 0 Å². The molecule has 2 heterocycles. The van der Waals surface area contributed by atoms with E-state index in [0.29, 0.717) is 6.54 Å². The van der Waals surface area contributed by atoms with Crippen molar-refractivity contribution in [1.29, 1.82) is 0 Å². The SMILES string of the molecule is CN1C[C@](O)(CO)C=C2c3cccc4[nH]cc(c34)C[C@H]21. The molecule has 0 bridgehead atoms. The Hall–Kier alpha value is -1.62. The summed E-state index contributed by atoms with van der Waals surface area (Å²) in [6.45, 7) is 0.219. The molecular formula is C16H18N2O2. The van der Waals surface area contributed by atoms with E-state index >= 15 is 0 Å². The first-order chi connectivity index (χ1) is 9.61. The first-order valence-electron chi connectivity index (χ1n) is 6.97. The molecule has 1 aliphatic heterocycles. The van der Waals surface area contributed by atoms with Crippen LogP contribution in [0.1, 0.15) is 11.1 Å². The summed E-state index contributed by atoms with van der Waals surface area (Å²) >= 11 is 0. The Morgan fingerprint density at radius 3 is 3.10 bits per heavy atom. The molecule has 0 unspecified atom stereocenters. The number of nitrogens with one attached hydrogen (secondary N) is 1. The molecule has 0 radical (unpaired) electrons. The summed E-state index contributed by atoms with van der Waals surface area (Å²) < 4.78 is 0. The molecule has 3 N–H and O–H groups in total. The van der Waals surface area contributed by atoms with E-state index in [1.807, 2.05) is 19.2 Å². The van der Waals surface area contributed by atoms with Gasteiger partial charge >= 0.3 is 0 Å². The van der Waals surface area contributed by atoms with E-state index in [0.717, 1.165) is 17.5 Å². The minimum Gasteiger partial charge on any atom is -0.393 e. The number of hydrogen-bond donors (Lipinski definition) is 3. The fourth-order valence-electron chi connectivity index (χ4n) is 3.69. The highest BCUT2D eigenvalue weighted by molar-refractivity contribution is 5.98. The highest BCUT2D eigenvalue weighted by Crippen LogP contribution is 2.41. The zero-order chi connectivity index (χ0) is 13.9. The second-order valence-corrected chi connectivity index (χ2v) is 6.04. The Kier molecular flexibility index (Phi) is 2.40. The number of rotatable bonds is 1. The molecule has 2 atom stereocenters. The van der Waals surface area contributed by atoms with Crippen LogP contribution in [-0.4, -0.2) is 51.9 Å². The lowest BCUT2D eigenvalue weighted by Gasteiger charge is -2.42. The Labute approximate surface area is 117 Å². The zero-order valence-corrected chi connectivity index (χ0v) is 11.4. The van der Waals surface area contributed by atoms with Crippen molar-refractivity contribution in [3.05, 3.63) is 41.6 Å². The molecule has 2 aromatic rings. The minimum absolute atomic E-state index is 0.246. The standard InChI is InChI=1S/C16H18N2O2/c1-18-8-16(20,9-19)6-12-11-3-2-4-13-15(11)10(7-17-13)5-14(12)18/h2-4,6-7,14,17,19-20H,5,8-9H2,1H3/t14-,16+/m1/s1. The van der Waals surface area contributed by atoms with Gasteiger partial charge in [0.15, 0.2) is 0 Å². The molecule has 0 saturated carbocycles. The molecule has 1 aromatic heterocycles. The number of aliphatic hydroxyl groups excluding tert-OH is 1. The van der Waals surface area contributed by atoms with Crippen molar-refractivity contribution in [2.45, 2.75) is 18.1 Å². The highest BCUT2D eigenvalue weighted by atomic mass is 16.3. The van der Waals surface area contributed by atoms with E-state index in [1.54, 1.807) is 0 Å². The molecule has 2 aliphatic rings. The molecular weight excluding hydrogens is 252 g/mol. The van der Waals surface area contributed by atoms with E-state index in [2.05, 4.69) is 28.2 Å². The highest BCUT2D eigenvalue weighted by Gasteiger charge is 2.39. The van der Waals surface area contributed by atoms with Crippen LogP contribution in [0.2, 0.25) is 0 Å². The van der Waals surface area contributed by atoms with Gasteiger partial charge in [-0.2, -0.15) is 0 Å². The summed E-state index contributed by atoms with van der Waals surface area (Å²) in [6.07, 6.45) is 4.90. The second-order valence-electron chi connectivity index (χ2n) is 6.04. The predicted molar refractivity (Wildman–Crippen MR) is 78.4 cm³/mol. The summed E-state index contributed by atoms with van der Waals surface area (Å²) in [4.78, 5) is 5.46. The third-order valence-corrected chi connectivity index (χ3v) is 4.62. The van der Waals surface area contributed by atoms with Crippen LogP contribution in [0.4, 0.5) is 0 Å². The lowest BCUT2D eigenvalue weighted by molar-refractivity contribution is -0.00780. The van der Waals surface area contributed by atoms with Gasteiger partial charge in [-0.1, -0.05) is 12.1 Å². The first-order valence-corrected chi connectivity index (χ1v) is 6.97. The average Bonchev–Trinajstić information content (AvgIpc) is 2.85. The molecule has 1 aliphatic carbocycles. The van der Waals surface area contributed by atoms with Crippen LogP contribution < -0.4 is 0 Å². The fraction of sp³-hybridized carbons (Fsp3) is 0.375. The average molecular weight is 270 g/mol. The zero-order valence-electron chi connectivity index (χ0n) is 11.4. The van der Waals surface area contributed by atoms with E-state index in [9.17, 15) is 10.2 Å². The van der Waals surface area contributed by atoms with E-state index in [1.165, 1.54) is 16.5 Å². The summed E-state index contributed by atoms with van der Waals surface area (Å²) in [7, 11) is 2.01. The van der Waals surface area contributed by atoms with Crippen LogP contribution in [0.5, 0.6) is 0 Å². The van der Waals surface area contributed by atoms with Gasteiger partial charge in [0.25, 0.3) is 0 Å². The van der Waals surface area contributed by atoms with Gasteiger partial charge in [0.05, 0.1) is 6.61 Å². The number of H-pyrrole nitrogens is 1. The number of aromatic nitrogens is 1. The molecule has 0 amide bonds. The Morgan fingerprint density at radius 2 is 2.30 bits per heavy atom. The van der Waals surface area contributed by atoms with Gasteiger partial charge in [-0.15, -0.1) is 0 Å². The van der Waals surface area contributed by atoms with Crippen LogP contribution in [0.3, 0.4) is 0 Å². The van der Waals surface area contributed by atoms with Crippen molar-refractivity contribution in [1.82, 2.24) is 9.88 Å². The van der Waals surface area contributed by atoms with E-state index in [-0.39, 0.29) is 12.6 Å². The first kappa shape index (κ1) is 12.1. The van der Waals surface area contributed by atoms with Gasteiger partial charge in [0.1, 0.15) is 5.60 Å². The number of aromatic amines is 1. The molecule has 104 valence electrons. The molecule has 0 spiro atoms. The number of fused-ring (bicyclic) bond motifs is 2. The third-order valence-electron chi connectivity index (χ3n) is 4.62. The van der Waals surface area contributed by atoms with Crippen molar-refractivity contribution in [2.24, 2.45) is 0 Å². The number of hydrogen-bond acceptors (Lipinski definition) is 3. The molecule has 4 rings (SSSR count). The number of aliphatic hydroxyl groups is 2. The maximum absolute atomic E-state index is 10.5.